The van der Waals surface area contributed by atoms with Crippen molar-refractivity contribution in [2.75, 3.05) is 18.0 Å². The van der Waals surface area contributed by atoms with E-state index in [1.54, 1.807) is 0 Å². The first-order chi connectivity index (χ1) is 6.29. The van der Waals surface area contributed by atoms with Crippen molar-refractivity contribution in [3.05, 3.63) is 17.5 Å². The fourth-order valence-corrected chi connectivity index (χ4v) is 1.46. The van der Waals surface area contributed by atoms with Gasteiger partial charge in [0.15, 0.2) is 0 Å². The molecule has 0 radical (unpaired) electrons. The van der Waals surface area contributed by atoms with E-state index in [4.69, 9.17) is 0 Å². The van der Waals surface area contributed by atoms with Gasteiger partial charge in [0.2, 0.25) is 5.95 Å². The van der Waals surface area contributed by atoms with Gasteiger partial charge in [-0.2, -0.15) is 0 Å². The smallest absolute Gasteiger partial charge is 0.225 e. The Kier molecular flexibility index (Phi) is 2.17. The molecular weight excluding hydrogens is 162 g/mol. The second kappa shape index (κ2) is 3.32. The van der Waals surface area contributed by atoms with E-state index in [2.05, 4.69) is 27.9 Å². The van der Waals surface area contributed by atoms with Crippen LogP contribution in [0.1, 0.15) is 24.7 Å². The summed E-state index contributed by atoms with van der Waals surface area (Å²) in [6.07, 6.45) is 2.27. The number of anilines is 1. The summed E-state index contributed by atoms with van der Waals surface area (Å²) in [5, 5.41) is 0. The van der Waals surface area contributed by atoms with Gasteiger partial charge in [0.1, 0.15) is 0 Å². The molecular formula is C10H15N3. The second-order valence-electron chi connectivity index (χ2n) is 3.49. The maximum atomic E-state index is 4.49. The Morgan fingerprint density at radius 1 is 1.38 bits per heavy atom. The summed E-state index contributed by atoms with van der Waals surface area (Å²) in [5.74, 6) is 0.920. The van der Waals surface area contributed by atoms with Crippen molar-refractivity contribution in [2.24, 2.45) is 0 Å². The summed E-state index contributed by atoms with van der Waals surface area (Å²) in [6, 6.07) is 2.06. The Morgan fingerprint density at radius 2 is 2.15 bits per heavy atom. The lowest BCUT2D eigenvalue weighted by Gasteiger charge is -2.31. The minimum atomic E-state index is 0.920. The van der Waals surface area contributed by atoms with Gasteiger partial charge in [-0.05, 0) is 25.8 Å². The van der Waals surface area contributed by atoms with Crippen LogP contribution < -0.4 is 4.90 Å². The summed E-state index contributed by atoms with van der Waals surface area (Å²) >= 11 is 0. The highest BCUT2D eigenvalue weighted by molar-refractivity contribution is 5.34. The van der Waals surface area contributed by atoms with Crippen molar-refractivity contribution in [3.63, 3.8) is 0 Å². The van der Waals surface area contributed by atoms with Crippen LogP contribution in [-0.4, -0.2) is 23.1 Å². The summed E-state index contributed by atoms with van der Waals surface area (Å²) in [5.41, 5.74) is 2.23. The van der Waals surface area contributed by atoms with Gasteiger partial charge in [-0.1, -0.05) is 6.92 Å². The van der Waals surface area contributed by atoms with Gasteiger partial charge in [-0.3, -0.25) is 0 Å². The predicted octanol–water partition coefficient (Wildman–Crippen LogP) is 1.56. The second-order valence-corrected chi connectivity index (χ2v) is 3.49. The zero-order valence-corrected chi connectivity index (χ0v) is 8.25. The van der Waals surface area contributed by atoms with Crippen LogP contribution in [0.2, 0.25) is 0 Å². The highest BCUT2D eigenvalue weighted by atomic mass is 15.3. The molecule has 1 fully saturated rings. The van der Waals surface area contributed by atoms with Crippen LogP contribution in [0.4, 0.5) is 5.95 Å². The lowest BCUT2D eigenvalue weighted by Crippen LogP contribution is -2.38. The van der Waals surface area contributed by atoms with Gasteiger partial charge in [-0.15, -0.1) is 0 Å². The van der Waals surface area contributed by atoms with E-state index >= 15 is 0 Å². The Labute approximate surface area is 78.8 Å². The molecule has 2 heterocycles. The normalized spacial score (nSPS) is 15.7. The predicted molar refractivity (Wildman–Crippen MR) is 53.0 cm³/mol. The highest BCUT2D eigenvalue weighted by Gasteiger charge is 2.17. The van der Waals surface area contributed by atoms with Gasteiger partial charge in [0.25, 0.3) is 0 Å². The Morgan fingerprint density at radius 3 is 2.69 bits per heavy atom. The number of aromatic nitrogens is 2. The van der Waals surface area contributed by atoms with Gasteiger partial charge >= 0.3 is 0 Å². The zero-order valence-electron chi connectivity index (χ0n) is 8.25. The summed E-state index contributed by atoms with van der Waals surface area (Å²) in [6.45, 7) is 6.39. The largest absolute Gasteiger partial charge is 0.341 e. The van der Waals surface area contributed by atoms with Crippen molar-refractivity contribution in [1.82, 2.24) is 9.97 Å². The number of aryl methyl sites for hydroxylation is 2. The molecule has 0 bridgehead atoms. The molecule has 70 valence electrons. The van der Waals surface area contributed by atoms with E-state index in [1.165, 1.54) is 6.42 Å². The molecule has 0 N–H and O–H groups in total. The van der Waals surface area contributed by atoms with Crippen molar-refractivity contribution in [3.8, 4) is 0 Å². The van der Waals surface area contributed by atoms with Crippen LogP contribution in [0.3, 0.4) is 0 Å². The topological polar surface area (TPSA) is 29.0 Å². The highest BCUT2D eigenvalue weighted by Crippen LogP contribution is 2.16. The first kappa shape index (κ1) is 8.48. The van der Waals surface area contributed by atoms with E-state index in [0.29, 0.717) is 0 Å². The lowest BCUT2D eigenvalue weighted by molar-refractivity contribution is 0.597. The molecule has 3 nitrogen and oxygen atoms in total. The van der Waals surface area contributed by atoms with Crippen molar-refractivity contribution in [1.29, 1.82) is 0 Å². The van der Waals surface area contributed by atoms with Crippen LogP contribution in [0.25, 0.3) is 0 Å². The molecule has 0 aromatic carbocycles. The minimum Gasteiger partial charge on any atom is -0.341 e. The molecule has 0 unspecified atom stereocenters. The molecule has 1 aromatic rings. The molecule has 1 aliphatic rings. The fraction of sp³-hybridized carbons (Fsp3) is 0.600. The van der Waals surface area contributed by atoms with Gasteiger partial charge in [0, 0.05) is 24.5 Å². The van der Waals surface area contributed by atoms with E-state index in [1.807, 2.05) is 6.92 Å². The van der Waals surface area contributed by atoms with E-state index < -0.39 is 0 Å². The third-order valence-corrected chi connectivity index (χ3v) is 2.40. The number of hydrogen-bond acceptors (Lipinski definition) is 3. The molecule has 0 atom stereocenters. The maximum Gasteiger partial charge on any atom is 0.225 e. The molecule has 0 amide bonds. The Bertz CT molecular complexity index is 305. The van der Waals surface area contributed by atoms with Crippen LogP contribution in [0, 0.1) is 6.92 Å². The molecule has 0 saturated carbocycles. The Balaban J connectivity index is 2.28. The van der Waals surface area contributed by atoms with Crippen molar-refractivity contribution in [2.45, 2.75) is 26.7 Å². The Hall–Kier alpha value is -1.12. The van der Waals surface area contributed by atoms with Crippen LogP contribution in [0.15, 0.2) is 6.07 Å². The van der Waals surface area contributed by atoms with Crippen LogP contribution in [0.5, 0.6) is 0 Å². The number of nitrogens with zero attached hydrogens (tertiary/aromatic N) is 3. The number of rotatable bonds is 2. The quantitative estimate of drug-likeness (QED) is 0.686. The number of hydrogen-bond donors (Lipinski definition) is 0. The first-order valence-corrected chi connectivity index (χ1v) is 4.89. The monoisotopic (exact) mass is 177 g/mol. The van der Waals surface area contributed by atoms with Gasteiger partial charge < -0.3 is 4.90 Å². The molecule has 2 rings (SSSR count). The van der Waals surface area contributed by atoms with Gasteiger partial charge in [0.05, 0.1) is 0 Å². The van der Waals surface area contributed by atoms with Crippen LogP contribution in [-0.2, 0) is 6.42 Å². The standard InChI is InChI=1S/C10H15N3/c1-3-9-7-8(2)11-10(12-9)13-5-4-6-13/h7H,3-6H2,1-2H3. The molecule has 1 aliphatic heterocycles. The van der Waals surface area contributed by atoms with Crippen LogP contribution >= 0.6 is 0 Å². The van der Waals surface area contributed by atoms with Crippen molar-refractivity contribution < 1.29 is 0 Å². The van der Waals surface area contributed by atoms with Gasteiger partial charge in [-0.25, -0.2) is 9.97 Å². The summed E-state index contributed by atoms with van der Waals surface area (Å²) in [4.78, 5) is 11.1. The molecule has 0 aliphatic carbocycles. The minimum absolute atomic E-state index is 0.920. The first-order valence-electron chi connectivity index (χ1n) is 4.89. The van der Waals surface area contributed by atoms with E-state index in [0.717, 1.165) is 36.8 Å². The molecule has 1 aromatic heterocycles. The fourth-order valence-electron chi connectivity index (χ4n) is 1.46. The van der Waals surface area contributed by atoms with E-state index in [-0.39, 0.29) is 0 Å². The zero-order chi connectivity index (χ0) is 9.26. The molecule has 0 spiro atoms. The molecule has 13 heavy (non-hydrogen) atoms. The third kappa shape index (κ3) is 1.64. The lowest BCUT2D eigenvalue weighted by atomic mass is 10.2. The average molecular weight is 177 g/mol. The summed E-state index contributed by atoms with van der Waals surface area (Å²) in [7, 11) is 0. The SMILES string of the molecule is CCc1cc(C)nc(N2CCC2)n1. The average Bonchev–Trinajstić information content (AvgIpc) is 2.00. The maximum absolute atomic E-state index is 4.49. The molecule has 3 heteroatoms. The van der Waals surface area contributed by atoms with Crippen molar-refractivity contribution >= 4 is 5.95 Å². The third-order valence-electron chi connectivity index (χ3n) is 2.40. The molecule has 1 saturated heterocycles. The summed E-state index contributed by atoms with van der Waals surface area (Å²) < 4.78 is 0. The van der Waals surface area contributed by atoms with E-state index in [9.17, 15) is 0 Å².